The number of ether oxygens (including phenoxy) is 1. The molecule has 0 aromatic carbocycles. The van der Waals surface area contributed by atoms with Gasteiger partial charge >= 0.3 is 5.69 Å². The molecular weight excluding hydrogens is 320 g/mol. The van der Waals surface area contributed by atoms with E-state index in [-0.39, 0.29) is 23.6 Å². The average molecular weight is 344 g/mol. The van der Waals surface area contributed by atoms with Gasteiger partial charge < -0.3 is 9.64 Å². The molecule has 7 heteroatoms. The second-order valence-electron chi connectivity index (χ2n) is 7.00. The van der Waals surface area contributed by atoms with E-state index in [2.05, 4.69) is 4.98 Å². The minimum atomic E-state index is -0.0614. The summed E-state index contributed by atoms with van der Waals surface area (Å²) in [5.74, 6) is 0.467. The fourth-order valence-electron chi connectivity index (χ4n) is 3.90. The standard InChI is InChI=1S/C18H24N4O3/c1-25-11-10-21-15-6-3-8-19-16(15)22(18(21)24)14-7-9-20(12-14)17(23)13-4-2-5-13/h3,6,8,13-14H,2,4-5,7,9-12H2,1H3. The van der Waals surface area contributed by atoms with Crippen LogP contribution in [0.4, 0.5) is 0 Å². The maximum absolute atomic E-state index is 13.0. The lowest BCUT2D eigenvalue weighted by molar-refractivity contribution is -0.137. The molecule has 1 aliphatic heterocycles. The maximum Gasteiger partial charge on any atom is 0.330 e. The lowest BCUT2D eigenvalue weighted by Crippen LogP contribution is -2.38. The van der Waals surface area contributed by atoms with Crippen molar-refractivity contribution in [2.45, 2.75) is 38.3 Å². The largest absolute Gasteiger partial charge is 0.383 e. The smallest absolute Gasteiger partial charge is 0.330 e. The van der Waals surface area contributed by atoms with Gasteiger partial charge in [-0.05, 0) is 31.4 Å². The number of rotatable bonds is 5. The monoisotopic (exact) mass is 344 g/mol. The molecule has 1 unspecified atom stereocenters. The van der Waals surface area contributed by atoms with E-state index in [4.69, 9.17) is 4.74 Å². The number of aromatic nitrogens is 3. The number of likely N-dealkylation sites (tertiary alicyclic amines) is 1. The molecule has 0 N–H and O–H groups in total. The minimum Gasteiger partial charge on any atom is -0.383 e. The molecule has 1 amide bonds. The summed E-state index contributed by atoms with van der Waals surface area (Å²) in [5.41, 5.74) is 1.47. The first-order chi connectivity index (χ1) is 12.2. The number of fused-ring (bicyclic) bond motifs is 1. The topological polar surface area (TPSA) is 69.4 Å². The van der Waals surface area contributed by atoms with Gasteiger partial charge in [-0.1, -0.05) is 6.42 Å². The first-order valence-corrected chi connectivity index (χ1v) is 9.04. The van der Waals surface area contributed by atoms with Crippen LogP contribution in [0.1, 0.15) is 31.7 Å². The van der Waals surface area contributed by atoms with Gasteiger partial charge in [0.25, 0.3) is 0 Å². The predicted molar refractivity (Wildman–Crippen MR) is 93.4 cm³/mol. The highest BCUT2D eigenvalue weighted by Crippen LogP contribution is 2.31. The van der Waals surface area contributed by atoms with Crippen molar-refractivity contribution >= 4 is 17.1 Å². The third kappa shape index (κ3) is 2.76. The highest BCUT2D eigenvalue weighted by molar-refractivity contribution is 5.80. The summed E-state index contributed by atoms with van der Waals surface area (Å²) in [6.07, 6.45) is 5.70. The number of pyridine rings is 1. The molecule has 7 nitrogen and oxygen atoms in total. The second kappa shape index (κ2) is 6.63. The first-order valence-electron chi connectivity index (χ1n) is 9.04. The second-order valence-corrected chi connectivity index (χ2v) is 7.00. The van der Waals surface area contributed by atoms with E-state index in [1.54, 1.807) is 22.4 Å². The van der Waals surface area contributed by atoms with Crippen LogP contribution in [0.2, 0.25) is 0 Å². The van der Waals surface area contributed by atoms with Crippen molar-refractivity contribution in [3.63, 3.8) is 0 Å². The number of nitrogens with zero attached hydrogens (tertiary/aromatic N) is 4. The van der Waals surface area contributed by atoms with E-state index in [9.17, 15) is 9.59 Å². The number of amides is 1. The number of carbonyl (C=O) groups is 1. The molecule has 0 bridgehead atoms. The lowest BCUT2D eigenvalue weighted by Gasteiger charge is -2.29. The number of imidazole rings is 1. The van der Waals surface area contributed by atoms with Gasteiger partial charge in [-0.25, -0.2) is 9.78 Å². The molecule has 1 aliphatic carbocycles. The third-order valence-corrected chi connectivity index (χ3v) is 5.54. The summed E-state index contributed by atoms with van der Waals surface area (Å²) in [5, 5.41) is 0. The molecule has 0 radical (unpaired) electrons. The molecule has 4 rings (SSSR count). The lowest BCUT2D eigenvalue weighted by atomic mass is 9.84. The molecule has 1 saturated heterocycles. The summed E-state index contributed by atoms with van der Waals surface area (Å²) in [6.45, 7) is 2.31. The predicted octanol–water partition coefficient (Wildman–Crippen LogP) is 1.42. The third-order valence-electron chi connectivity index (χ3n) is 5.54. The first kappa shape index (κ1) is 16.3. The van der Waals surface area contributed by atoms with E-state index < -0.39 is 0 Å². The van der Waals surface area contributed by atoms with Crippen LogP contribution >= 0.6 is 0 Å². The maximum atomic E-state index is 13.0. The van der Waals surface area contributed by atoms with E-state index >= 15 is 0 Å². The van der Waals surface area contributed by atoms with Crippen molar-refractivity contribution in [2.75, 3.05) is 26.8 Å². The van der Waals surface area contributed by atoms with E-state index in [0.29, 0.717) is 25.3 Å². The normalized spacial score (nSPS) is 21.0. The minimum absolute atomic E-state index is 0.00211. The van der Waals surface area contributed by atoms with Gasteiger partial charge in [0.15, 0.2) is 5.65 Å². The summed E-state index contributed by atoms with van der Waals surface area (Å²) < 4.78 is 8.64. The van der Waals surface area contributed by atoms with Gasteiger partial charge in [0.2, 0.25) is 5.91 Å². The number of carbonyl (C=O) groups excluding carboxylic acids is 1. The van der Waals surface area contributed by atoms with Gasteiger partial charge in [0, 0.05) is 32.3 Å². The number of methoxy groups -OCH3 is 1. The molecule has 2 aromatic heterocycles. The van der Waals surface area contributed by atoms with Crippen molar-refractivity contribution in [1.29, 1.82) is 0 Å². The Kier molecular flexibility index (Phi) is 4.33. The molecule has 2 fully saturated rings. The Hall–Kier alpha value is -2.15. The summed E-state index contributed by atoms with van der Waals surface area (Å²) in [7, 11) is 1.63. The number of hydrogen-bond acceptors (Lipinski definition) is 4. The van der Waals surface area contributed by atoms with Crippen LogP contribution in [0.3, 0.4) is 0 Å². The van der Waals surface area contributed by atoms with E-state index in [1.807, 2.05) is 17.0 Å². The van der Waals surface area contributed by atoms with Gasteiger partial charge in [0.1, 0.15) is 0 Å². The SMILES string of the molecule is COCCn1c(=O)n(C2CCN(C(=O)C3CCC3)C2)c2ncccc21. The fraction of sp³-hybridized carbons (Fsp3) is 0.611. The number of hydrogen-bond donors (Lipinski definition) is 0. The van der Waals surface area contributed by atoms with Crippen LogP contribution in [0.5, 0.6) is 0 Å². The van der Waals surface area contributed by atoms with Crippen LogP contribution in [0.25, 0.3) is 11.2 Å². The summed E-state index contributed by atoms with van der Waals surface area (Å²) in [6, 6.07) is 3.76. The molecule has 0 spiro atoms. The van der Waals surface area contributed by atoms with Crippen LogP contribution in [-0.2, 0) is 16.1 Å². The van der Waals surface area contributed by atoms with Crippen LogP contribution in [0.15, 0.2) is 23.1 Å². The Morgan fingerprint density at radius 3 is 2.92 bits per heavy atom. The van der Waals surface area contributed by atoms with E-state index in [1.165, 1.54) is 0 Å². The quantitative estimate of drug-likeness (QED) is 0.822. The summed E-state index contributed by atoms with van der Waals surface area (Å²) >= 11 is 0. The molecule has 1 saturated carbocycles. The van der Waals surface area contributed by atoms with Crippen LogP contribution in [-0.4, -0.2) is 51.7 Å². The van der Waals surface area contributed by atoms with Gasteiger partial charge in [-0.2, -0.15) is 0 Å². The zero-order valence-electron chi connectivity index (χ0n) is 14.6. The van der Waals surface area contributed by atoms with Crippen molar-refractivity contribution in [1.82, 2.24) is 19.0 Å². The zero-order valence-corrected chi connectivity index (χ0v) is 14.6. The Bertz CT molecular complexity index is 836. The highest BCUT2D eigenvalue weighted by Gasteiger charge is 2.35. The van der Waals surface area contributed by atoms with Gasteiger partial charge in [0.05, 0.1) is 24.7 Å². The molecule has 2 aromatic rings. The average Bonchev–Trinajstić information content (AvgIpc) is 3.14. The Labute approximate surface area is 146 Å². The zero-order chi connectivity index (χ0) is 17.4. The molecule has 2 aliphatic rings. The Morgan fingerprint density at radius 1 is 1.36 bits per heavy atom. The Balaban J connectivity index is 1.64. The highest BCUT2D eigenvalue weighted by atomic mass is 16.5. The fourth-order valence-corrected chi connectivity index (χ4v) is 3.90. The summed E-state index contributed by atoms with van der Waals surface area (Å²) in [4.78, 5) is 31.9. The van der Waals surface area contributed by atoms with E-state index in [0.717, 1.165) is 37.7 Å². The van der Waals surface area contributed by atoms with Crippen LogP contribution in [0, 0.1) is 5.92 Å². The van der Waals surface area contributed by atoms with Crippen molar-refractivity contribution in [3.05, 3.63) is 28.8 Å². The van der Waals surface area contributed by atoms with Crippen LogP contribution < -0.4 is 5.69 Å². The molecule has 3 heterocycles. The van der Waals surface area contributed by atoms with Gasteiger partial charge in [-0.3, -0.25) is 13.9 Å². The van der Waals surface area contributed by atoms with Crippen molar-refractivity contribution in [2.24, 2.45) is 5.92 Å². The van der Waals surface area contributed by atoms with Crippen molar-refractivity contribution < 1.29 is 9.53 Å². The Morgan fingerprint density at radius 2 is 2.20 bits per heavy atom. The molecular formula is C18H24N4O3. The van der Waals surface area contributed by atoms with Crippen molar-refractivity contribution in [3.8, 4) is 0 Å². The molecule has 25 heavy (non-hydrogen) atoms. The molecule has 1 atom stereocenters. The molecule has 134 valence electrons. The van der Waals surface area contributed by atoms with Gasteiger partial charge in [-0.15, -0.1) is 0 Å².